The van der Waals surface area contributed by atoms with Crippen LogP contribution in [-0.4, -0.2) is 57.4 Å². The van der Waals surface area contributed by atoms with Gasteiger partial charge in [-0.3, -0.25) is 10.00 Å². The van der Waals surface area contributed by atoms with E-state index in [9.17, 15) is 0 Å². The zero-order valence-corrected chi connectivity index (χ0v) is 18.5. The molecule has 0 amide bonds. The van der Waals surface area contributed by atoms with Crippen molar-refractivity contribution < 1.29 is 9.47 Å². The lowest BCUT2D eigenvalue weighted by molar-refractivity contribution is 0.0443. The van der Waals surface area contributed by atoms with Gasteiger partial charge in [-0.1, -0.05) is 12.6 Å². The van der Waals surface area contributed by atoms with E-state index in [1.807, 2.05) is 18.2 Å². The van der Waals surface area contributed by atoms with E-state index < -0.39 is 0 Å². The molecule has 2 N–H and O–H groups in total. The number of likely N-dealkylation sites (tertiary alicyclic amines) is 1. The Morgan fingerprint density at radius 3 is 2.81 bits per heavy atom. The summed E-state index contributed by atoms with van der Waals surface area (Å²) in [6, 6.07) is 8.50. The summed E-state index contributed by atoms with van der Waals surface area (Å²) < 4.78 is 11.8. The molecule has 0 radical (unpaired) electrons. The molecule has 3 heterocycles. The molecule has 2 aromatic heterocycles. The molecule has 32 heavy (non-hydrogen) atoms. The van der Waals surface area contributed by atoms with Crippen LogP contribution in [0.2, 0.25) is 0 Å². The standard InChI is InChI=1S/C23H27N7O2/c1-15(2)30-8-7-17(13-30)32-14-16-5-6-18(20(9-16)31-4)19-10-21(29-28-19)27-23-12-25-22(24-3)11-26-23/h5-6,9-12,15,17H,7-8,13-14H2,1-2,4H3,(H2,26,27,28,29)/t17-/m1/s1. The van der Waals surface area contributed by atoms with Crippen molar-refractivity contribution in [2.24, 2.45) is 0 Å². The summed E-state index contributed by atoms with van der Waals surface area (Å²) in [5.74, 6) is 2.10. The van der Waals surface area contributed by atoms with Gasteiger partial charge in [0.2, 0.25) is 0 Å². The number of nitrogens with zero attached hydrogens (tertiary/aromatic N) is 5. The van der Waals surface area contributed by atoms with Crippen molar-refractivity contribution in [1.82, 2.24) is 25.1 Å². The number of methoxy groups -OCH3 is 1. The molecule has 0 bridgehead atoms. The molecule has 166 valence electrons. The van der Waals surface area contributed by atoms with E-state index >= 15 is 0 Å². The van der Waals surface area contributed by atoms with Gasteiger partial charge in [-0.05, 0) is 38.0 Å². The minimum absolute atomic E-state index is 0.247. The highest BCUT2D eigenvalue weighted by molar-refractivity contribution is 5.71. The second-order valence-corrected chi connectivity index (χ2v) is 8.01. The molecular formula is C23H27N7O2. The smallest absolute Gasteiger partial charge is 0.288 e. The van der Waals surface area contributed by atoms with Gasteiger partial charge in [0, 0.05) is 30.8 Å². The van der Waals surface area contributed by atoms with E-state index in [0.29, 0.717) is 24.3 Å². The number of ether oxygens (including phenoxy) is 2. The first kappa shape index (κ1) is 21.7. The Morgan fingerprint density at radius 1 is 1.25 bits per heavy atom. The van der Waals surface area contributed by atoms with Crippen LogP contribution in [0.3, 0.4) is 0 Å². The largest absolute Gasteiger partial charge is 0.496 e. The normalized spacial score (nSPS) is 16.3. The van der Waals surface area contributed by atoms with Gasteiger partial charge in [0.05, 0.1) is 31.7 Å². The van der Waals surface area contributed by atoms with Crippen LogP contribution in [0.1, 0.15) is 25.8 Å². The number of benzene rings is 1. The Morgan fingerprint density at radius 2 is 2.12 bits per heavy atom. The molecule has 1 aromatic carbocycles. The fourth-order valence-electron chi connectivity index (χ4n) is 3.72. The minimum Gasteiger partial charge on any atom is -0.496 e. The molecule has 1 aliphatic rings. The van der Waals surface area contributed by atoms with E-state index in [4.69, 9.17) is 16.0 Å². The summed E-state index contributed by atoms with van der Waals surface area (Å²) in [4.78, 5) is 13.8. The van der Waals surface area contributed by atoms with Crippen LogP contribution in [0.4, 0.5) is 17.5 Å². The third-order valence-corrected chi connectivity index (χ3v) is 5.54. The number of hydrogen-bond donors (Lipinski definition) is 2. The van der Waals surface area contributed by atoms with Crippen molar-refractivity contribution in [2.75, 3.05) is 25.5 Å². The average Bonchev–Trinajstić information content (AvgIpc) is 3.48. The summed E-state index contributed by atoms with van der Waals surface area (Å²) in [6.07, 6.45) is 4.26. The number of aromatic amines is 1. The number of nitrogens with one attached hydrogen (secondary N) is 2. The average molecular weight is 434 g/mol. The Bertz CT molecular complexity index is 1090. The molecule has 0 unspecified atom stereocenters. The van der Waals surface area contributed by atoms with E-state index in [1.165, 1.54) is 12.4 Å². The summed E-state index contributed by atoms with van der Waals surface area (Å²) in [5.41, 5.74) is 2.78. The summed E-state index contributed by atoms with van der Waals surface area (Å²) in [6.45, 7) is 14.0. The number of aromatic nitrogens is 4. The van der Waals surface area contributed by atoms with Gasteiger partial charge in [0.25, 0.3) is 5.82 Å². The lowest BCUT2D eigenvalue weighted by Crippen LogP contribution is -2.29. The highest BCUT2D eigenvalue weighted by Gasteiger charge is 2.24. The van der Waals surface area contributed by atoms with Crippen molar-refractivity contribution in [2.45, 2.75) is 39.0 Å². The SMILES string of the molecule is [C-]#[N+]c1cnc(Nc2cc(-c3ccc(CO[C@@H]4CCN(C(C)C)C4)cc3OC)[nH]n2)cn1. The van der Waals surface area contributed by atoms with Gasteiger partial charge in [-0.15, -0.1) is 4.98 Å². The molecule has 9 heteroatoms. The molecule has 3 aromatic rings. The maximum absolute atomic E-state index is 6.94. The highest BCUT2D eigenvalue weighted by Crippen LogP contribution is 2.31. The van der Waals surface area contributed by atoms with Crippen LogP contribution in [0.25, 0.3) is 16.1 Å². The van der Waals surface area contributed by atoms with Crippen LogP contribution < -0.4 is 10.1 Å². The van der Waals surface area contributed by atoms with E-state index in [-0.39, 0.29) is 11.9 Å². The molecule has 1 saturated heterocycles. The zero-order chi connectivity index (χ0) is 22.5. The second kappa shape index (κ2) is 9.77. The molecule has 1 fully saturated rings. The maximum atomic E-state index is 6.94. The highest BCUT2D eigenvalue weighted by atomic mass is 16.5. The first-order valence-corrected chi connectivity index (χ1v) is 10.6. The topological polar surface area (TPSA) is 92.6 Å². The number of H-pyrrole nitrogens is 1. The predicted octanol–water partition coefficient (Wildman–Crippen LogP) is 4.17. The molecule has 1 atom stereocenters. The Kier molecular flexibility index (Phi) is 6.63. The summed E-state index contributed by atoms with van der Waals surface area (Å²) in [7, 11) is 1.66. The van der Waals surface area contributed by atoms with Crippen LogP contribution in [0.15, 0.2) is 36.7 Å². The molecule has 0 aliphatic carbocycles. The van der Waals surface area contributed by atoms with Crippen LogP contribution in [-0.2, 0) is 11.3 Å². The lowest BCUT2D eigenvalue weighted by Gasteiger charge is -2.20. The van der Waals surface area contributed by atoms with Crippen molar-refractivity contribution in [3.8, 4) is 17.0 Å². The first-order valence-electron chi connectivity index (χ1n) is 10.6. The third-order valence-electron chi connectivity index (χ3n) is 5.54. The second-order valence-electron chi connectivity index (χ2n) is 8.01. The van der Waals surface area contributed by atoms with Gasteiger partial charge < -0.3 is 19.6 Å². The Hall–Kier alpha value is -3.48. The lowest BCUT2D eigenvalue weighted by atomic mass is 10.1. The maximum Gasteiger partial charge on any atom is 0.288 e. The van der Waals surface area contributed by atoms with Crippen molar-refractivity contribution >= 4 is 17.5 Å². The number of anilines is 2. The van der Waals surface area contributed by atoms with Gasteiger partial charge in [-0.2, -0.15) is 5.10 Å². The molecule has 4 rings (SSSR count). The Balaban J connectivity index is 1.41. The zero-order valence-electron chi connectivity index (χ0n) is 18.5. The van der Waals surface area contributed by atoms with E-state index in [1.54, 1.807) is 7.11 Å². The van der Waals surface area contributed by atoms with Crippen LogP contribution in [0, 0.1) is 6.57 Å². The molecule has 0 saturated carbocycles. The van der Waals surface area contributed by atoms with Gasteiger partial charge in [0.1, 0.15) is 5.75 Å². The van der Waals surface area contributed by atoms with Crippen molar-refractivity contribution in [3.05, 3.63) is 53.6 Å². The number of hydrogen-bond acceptors (Lipinski definition) is 7. The predicted molar refractivity (Wildman–Crippen MR) is 122 cm³/mol. The van der Waals surface area contributed by atoms with Crippen molar-refractivity contribution in [3.63, 3.8) is 0 Å². The number of rotatable bonds is 8. The van der Waals surface area contributed by atoms with E-state index in [0.717, 1.165) is 42.1 Å². The third kappa shape index (κ3) is 5.04. The van der Waals surface area contributed by atoms with Crippen LogP contribution in [0.5, 0.6) is 5.75 Å². The molecule has 9 nitrogen and oxygen atoms in total. The van der Waals surface area contributed by atoms with E-state index in [2.05, 4.69) is 55.1 Å². The first-order chi connectivity index (χ1) is 15.6. The van der Waals surface area contributed by atoms with Crippen LogP contribution >= 0.6 is 0 Å². The summed E-state index contributed by atoms with van der Waals surface area (Å²) >= 11 is 0. The Labute approximate surface area is 187 Å². The van der Waals surface area contributed by atoms with Gasteiger partial charge >= 0.3 is 0 Å². The summed E-state index contributed by atoms with van der Waals surface area (Å²) in [5, 5.41) is 10.4. The van der Waals surface area contributed by atoms with Crippen molar-refractivity contribution in [1.29, 1.82) is 0 Å². The fraction of sp³-hybridized carbons (Fsp3) is 0.391. The molecule has 0 spiro atoms. The quantitative estimate of drug-likeness (QED) is 0.515. The fourth-order valence-corrected chi connectivity index (χ4v) is 3.72. The minimum atomic E-state index is 0.247. The molecule has 1 aliphatic heterocycles. The monoisotopic (exact) mass is 433 g/mol. The van der Waals surface area contributed by atoms with Gasteiger partial charge in [-0.25, -0.2) is 4.98 Å². The molecular weight excluding hydrogens is 406 g/mol. The van der Waals surface area contributed by atoms with Gasteiger partial charge in [0.15, 0.2) is 17.8 Å².